The van der Waals surface area contributed by atoms with E-state index in [1.54, 1.807) is 0 Å². The molecule has 1 aromatic carbocycles. The molecule has 0 heterocycles. The number of rotatable bonds is 7. The maximum absolute atomic E-state index is 12.0. The molecular formula is C12H15NO6S. The zero-order chi connectivity index (χ0) is 15.3. The van der Waals surface area contributed by atoms with Gasteiger partial charge in [0.2, 0.25) is 0 Å². The summed E-state index contributed by atoms with van der Waals surface area (Å²) in [7, 11) is -3.62. The Morgan fingerprint density at radius 3 is 2.50 bits per heavy atom. The summed E-state index contributed by atoms with van der Waals surface area (Å²) >= 11 is 0. The second-order valence-corrected chi connectivity index (χ2v) is 6.38. The first-order chi connectivity index (χ1) is 9.29. The van der Waals surface area contributed by atoms with Crippen LogP contribution in [0.25, 0.3) is 0 Å². The number of nitro groups is 1. The summed E-state index contributed by atoms with van der Waals surface area (Å²) in [4.78, 5) is 20.6. The molecule has 0 fully saturated rings. The second-order valence-electron chi connectivity index (χ2n) is 4.27. The van der Waals surface area contributed by atoms with Crippen LogP contribution in [-0.2, 0) is 9.84 Å². The summed E-state index contributed by atoms with van der Waals surface area (Å²) < 4.78 is 24.0. The van der Waals surface area contributed by atoms with Crippen LogP contribution >= 0.6 is 0 Å². The summed E-state index contributed by atoms with van der Waals surface area (Å²) in [5.74, 6) is -1.63. The number of sulfone groups is 1. The molecule has 0 spiro atoms. The molecule has 0 saturated heterocycles. The first-order valence-corrected chi connectivity index (χ1v) is 7.69. The first kappa shape index (κ1) is 16.1. The Kier molecular flexibility index (Phi) is 5.20. The van der Waals surface area contributed by atoms with E-state index in [1.807, 2.05) is 6.92 Å². The molecule has 8 heteroatoms. The number of carboxylic acid groups (broad SMARTS) is 1. The van der Waals surface area contributed by atoms with Crippen molar-refractivity contribution >= 4 is 21.5 Å². The van der Waals surface area contributed by atoms with Crippen LogP contribution < -0.4 is 0 Å². The Morgan fingerprint density at radius 2 is 2.00 bits per heavy atom. The highest BCUT2D eigenvalue weighted by Crippen LogP contribution is 2.23. The Hall–Kier alpha value is -1.96. The zero-order valence-electron chi connectivity index (χ0n) is 10.9. The molecule has 20 heavy (non-hydrogen) atoms. The van der Waals surface area contributed by atoms with Crippen molar-refractivity contribution < 1.29 is 23.2 Å². The van der Waals surface area contributed by atoms with E-state index >= 15 is 0 Å². The number of carbonyl (C=O) groups is 1. The summed E-state index contributed by atoms with van der Waals surface area (Å²) in [5.41, 5.74) is -1.24. The van der Waals surface area contributed by atoms with Gasteiger partial charge in [0.25, 0.3) is 5.69 Å². The highest BCUT2D eigenvalue weighted by molar-refractivity contribution is 7.91. The molecule has 7 nitrogen and oxygen atoms in total. The fourth-order valence-corrected chi connectivity index (χ4v) is 3.09. The quantitative estimate of drug-likeness (QED) is 0.469. The van der Waals surface area contributed by atoms with E-state index in [0.717, 1.165) is 31.0 Å². The molecule has 1 N–H and O–H groups in total. The average molecular weight is 301 g/mol. The maximum atomic E-state index is 12.0. The van der Waals surface area contributed by atoms with Gasteiger partial charge in [-0.3, -0.25) is 10.1 Å². The van der Waals surface area contributed by atoms with Crippen LogP contribution in [-0.4, -0.2) is 30.2 Å². The molecule has 110 valence electrons. The van der Waals surface area contributed by atoms with Crippen molar-refractivity contribution in [3.63, 3.8) is 0 Å². The van der Waals surface area contributed by atoms with Crippen LogP contribution in [0, 0.1) is 10.1 Å². The summed E-state index contributed by atoms with van der Waals surface area (Å²) in [5, 5.41) is 19.6. The molecule has 0 aliphatic rings. The van der Waals surface area contributed by atoms with Crippen molar-refractivity contribution in [1.29, 1.82) is 0 Å². The van der Waals surface area contributed by atoms with E-state index in [4.69, 9.17) is 5.11 Å². The van der Waals surface area contributed by atoms with Gasteiger partial charge in [0.15, 0.2) is 9.84 Å². The van der Waals surface area contributed by atoms with Gasteiger partial charge in [-0.15, -0.1) is 0 Å². The lowest BCUT2D eigenvalue weighted by atomic mass is 10.2. The minimum absolute atomic E-state index is 0.0995. The van der Waals surface area contributed by atoms with Gasteiger partial charge >= 0.3 is 5.97 Å². The van der Waals surface area contributed by atoms with Gasteiger partial charge in [-0.1, -0.05) is 19.8 Å². The summed E-state index contributed by atoms with van der Waals surface area (Å²) in [6, 6.07) is 2.84. The van der Waals surface area contributed by atoms with Crippen molar-refractivity contribution in [3.8, 4) is 0 Å². The van der Waals surface area contributed by atoms with Gasteiger partial charge in [-0.05, 0) is 18.6 Å². The van der Waals surface area contributed by atoms with Gasteiger partial charge in [-0.2, -0.15) is 0 Å². The molecule has 0 radical (unpaired) electrons. The third-order valence-corrected chi connectivity index (χ3v) is 4.57. The molecule has 0 aliphatic carbocycles. The number of aromatic carboxylic acids is 1. The molecule has 1 aromatic rings. The van der Waals surface area contributed by atoms with Crippen LogP contribution in [0.15, 0.2) is 23.1 Å². The molecule has 0 amide bonds. The fourth-order valence-electron chi connectivity index (χ4n) is 1.70. The van der Waals surface area contributed by atoms with Crippen LogP contribution in [0.5, 0.6) is 0 Å². The minimum atomic E-state index is -3.62. The average Bonchev–Trinajstić information content (AvgIpc) is 2.38. The Balaban J connectivity index is 3.18. The van der Waals surface area contributed by atoms with Crippen molar-refractivity contribution in [2.24, 2.45) is 0 Å². The Bertz CT molecular complexity index is 623. The number of nitrogens with zero attached hydrogens (tertiary/aromatic N) is 1. The lowest BCUT2D eigenvalue weighted by Crippen LogP contribution is -2.10. The summed E-state index contributed by atoms with van der Waals surface area (Å²) in [6.07, 6.45) is 2.08. The third kappa shape index (κ3) is 3.77. The van der Waals surface area contributed by atoms with Crippen molar-refractivity contribution in [2.45, 2.75) is 31.1 Å². The number of hydrogen-bond donors (Lipinski definition) is 1. The number of unbranched alkanes of at least 4 members (excludes halogenated alkanes) is 2. The molecular weight excluding hydrogens is 286 g/mol. The third-order valence-electron chi connectivity index (χ3n) is 2.77. The van der Waals surface area contributed by atoms with Crippen LogP contribution in [0.2, 0.25) is 0 Å². The van der Waals surface area contributed by atoms with Crippen LogP contribution in [0.3, 0.4) is 0 Å². The molecule has 0 saturated carbocycles. The largest absolute Gasteiger partial charge is 0.477 e. The predicted molar refractivity (Wildman–Crippen MR) is 71.6 cm³/mol. The Morgan fingerprint density at radius 1 is 1.35 bits per heavy atom. The van der Waals surface area contributed by atoms with Crippen molar-refractivity contribution in [3.05, 3.63) is 33.9 Å². The lowest BCUT2D eigenvalue weighted by molar-refractivity contribution is -0.385. The van der Waals surface area contributed by atoms with Gasteiger partial charge in [0.05, 0.1) is 15.6 Å². The fraction of sp³-hybridized carbons (Fsp3) is 0.417. The normalized spacial score (nSPS) is 11.2. The number of hydrogen-bond acceptors (Lipinski definition) is 5. The highest BCUT2D eigenvalue weighted by Gasteiger charge is 2.24. The molecule has 0 bridgehead atoms. The number of benzene rings is 1. The van der Waals surface area contributed by atoms with Gasteiger partial charge in [-0.25, -0.2) is 13.2 Å². The van der Waals surface area contributed by atoms with Gasteiger partial charge in [0.1, 0.15) is 5.56 Å². The van der Waals surface area contributed by atoms with E-state index in [0.29, 0.717) is 6.42 Å². The molecule has 0 unspecified atom stereocenters. The van der Waals surface area contributed by atoms with Gasteiger partial charge < -0.3 is 5.11 Å². The SMILES string of the molecule is CCCCCS(=O)(=O)c1ccc([N+](=O)[O-])c(C(=O)O)c1. The molecule has 0 atom stereocenters. The first-order valence-electron chi connectivity index (χ1n) is 6.04. The van der Waals surface area contributed by atoms with E-state index in [1.165, 1.54) is 0 Å². The van der Waals surface area contributed by atoms with E-state index < -0.39 is 32.0 Å². The maximum Gasteiger partial charge on any atom is 0.342 e. The smallest absolute Gasteiger partial charge is 0.342 e. The van der Waals surface area contributed by atoms with Gasteiger partial charge in [0, 0.05) is 6.07 Å². The van der Waals surface area contributed by atoms with E-state index in [2.05, 4.69) is 0 Å². The molecule has 0 aliphatic heterocycles. The minimum Gasteiger partial charge on any atom is -0.477 e. The predicted octanol–water partition coefficient (Wildman–Crippen LogP) is 2.26. The topological polar surface area (TPSA) is 115 Å². The highest BCUT2D eigenvalue weighted by atomic mass is 32.2. The van der Waals surface area contributed by atoms with Crippen LogP contribution in [0.4, 0.5) is 5.69 Å². The summed E-state index contributed by atoms with van der Waals surface area (Å²) in [6.45, 7) is 1.93. The number of carboxylic acids is 1. The lowest BCUT2D eigenvalue weighted by Gasteiger charge is -2.05. The second kappa shape index (κ2) is 6.47. The Labute approximate surface area is 116 Å². The van der Waals surface area contributed by atoms with Crippen LogP contribution in [0.1, 0.15) is 36.5 Å². The molecule has 0 aromatic heterocycles. The van der Waals surface area contributed by atoms with Crippen molar-refractivity contribution in [1.82, 2.24) is 0 Å². The van der Waals surface area contributed by atoms with E-state index in [-0.39, 0.29) is 10.6 Å². The standard InChI is InChI=1S/C12H15NO6S/c1-2-3-4-7-20(18,19)9-5-6-11(13(16)17)10(8-9)12(14)15/h5-6,8H,2-4,7H2,1H3,(H,14,15). The number of nitro benzene ring substituents is 1. The van der Waals surface area contributed by atoms with Crippen molar-refractivity contribution in [2.75, 3.05) is 5.75 Å². The van der Waals surface area contributed by atoms with E-state index in [9.17, 15) is 23.3 Å². The zero-order valence-corrected chi connectivity index (χ0v) is 11.7. The molecule has 1 rings (SSSR count). The monoisotopic (exact) mass is 301 g/mol.